The van der Waals surface area contributed by atoms with Crippen LogP contribution in [-0.4, -0.2) is 13.6 Å². The Morgan fingerprint density at radius 1 is 0.600 bits per heavy atom. The zero-order chi connectivity index (χ0) is 13.1. The van der Waals surface area contributed by atoms with E-state index in [1.54, 1.807) is 0 Å². The predicted molar refractivity (Wildman–Crippen MR) is 90.3 cm³/mol. The van der Waals surface area contributed by atoms with Gasteiger partial charge in [0.2, 0.25) is 0 Å². The van der Waals surface area contributed by atoms with Gasteiger partial charge in [-0.2, -0.15) is 0 Å². The molecule has 2 heteroatoms. The zero-order valence-electron chi connectivity index (χ0n) is 10.9. The number of hydrogen-bond acceptors (Lipinski definition) is 0. The Morgan fingerprint density at radius 3 is 2.05 bits per heavy atom. The maximum absolute atomic E-state index is 2.25. The average Bonchev–Trinajstić information content (AvgIpc) is 2.52. The molecule has 88 valence electrons. The number of benzene rings is 4. The first-order valence-electron chi connectivity index (χ1n) is 6.98. The van der Waals surface area contributed by atoms with Gasteiger partial charge in [-0.3, -0.25) is 0 Å². The minimum atomic E-state index is 1.33. The van der Waals surface area contributed by atoms with Crippen molar-refractivity contribution >= 4 is 56.6 Å². The Morgan fingerprint density at radius 2 is 1.25 bits per heavy atom. The molecule has 0 atom stereocenters. The first-order chi connectivity index (χ1) is 9.93. The van der Waals surface area contributed by atoms with Crippen LogP contribution in [0.2, 0.25) is 0 Å². The Bertz CT molecular complexity index is 926. The fraction of sp³-hybridized carbons (Fsp3) is 0. The molecular formula is C18H10B2. The van der Waals surface area contributed by atoms with Crippen LogP contribution in [0.25, 0.3) is 43.0 Å². The van der Waals surface area contributed by atoms with E-state index in [1.807, 2.05) is 0 Å². The number of fused-ring (bicyclic) bond motifs is 2. The van der Waals surface area contributed by atoms with Crippen LogP contribution in [0.5, 0.6) is 0 Å². The van der Waals surface area contributed by atoms with E-state index in [2.05, 4.69) is 74.2 Å². The van der Waals surface area contributed by atoms with Crippen molar-refractivity contribution in [2.45, 2.75) is 0 Å². The molecule has 0 fully saturated rings. The van der Waals surface area contributed by atoms with Gasteiger partial charge in [-0.25, -0.2) is 0 Å². The SMILES string of the molecule is b1bc2c3cccc4cccc(c5cccc(c1)c25)c43. The summed E-state index contributed by atoms with van der Waals surface area (Å²) in [6.45, 7) is 4.41. The van der Waals surface area contributed by atoms with E-state index >= 15 is 0 Å². The summed E-state index contributed by atoms with van der Waals surface area (Å²) in [6, 6.07) is 19.8. The summed E-state index contributed by atoms with van der Waals surface area (Å²) >= 11 is 0. The first-order valence-corrected chi connectivity index (χ1v) is 6.98. The molecule has 0 saturated heterocycles. The Hall–Kier alpha value is -2.21. The van der Waals surface area contributed by atoms with Gasteiger partial charge in [0.1, 0.15) is 0 Å². The molecule has 0 bridgehead atoms. The van der Waals surface area contributed by atoms with Gasteiger partial charge in [-0.05, 0) is 0 Å². The van der Waals surface area contributed by atoms with Crippen molar-refractivity contribution in [2.75, 3.05) is 0 Å². The predicted octanol–water partition coefficient (Wildman–Crippen LogP) is 4.41. The van der Waals surface area contributed by atoms with E-state index in [-0.39, 0.29) is 0 Å². The van der Waals surface area contributed by atoms with Crippen molar-refractivity contribution in [1.82, 2.24) is 0 Å². The number of rotatable bonds is 0. The molecule has 0 aliphatic heterocycles. The van der Waals surface area contributed by atoms with E-state index in [0.717, 1.165) is 0 Å². The molecule has 20 heavy (non-hydrogen) atoms. The molecule has 0 amide bonds. The quantitative estimate of drug-likeness (QED) is 0.281. The third-order valence-electron chi connectivity index (χ3n) is 4.39. The van der Waals surface area contributed by atoms with Gasteiger partial charge in [0.05, 0.1) is 0 Å². The first kappa shape index (κ1) is 10.6. The van der Waals surface area contributed by atoms with Crippen LogP contribution in [-0.2, 0) is 0 Å². The van der Waals surface area contributed by atoms with Gasteiger partial charge >= 0.3 is 117 Å². The molecule has 0 spiro atoms. The molecule has 4 aromatic carbocycles. The second-order valence-electron chi connectivity index (χ2n) is 5.42. The van der Waals surface area contributed by atoms with Crippen molar-refractivity contribution in [1.29, 1.82) is 0 Å². The molecule has 0 N–H and O–H groups in total. The number of hydrogen-bond donors (Lipinski definition) is 0. The standard InChI is InChI=1S/C18H10B2/c1-4-11-5-2-9-15-16(11)13(7-1)14-8-3-6-12-10-19-20-18(15)17(12)14/h1-10H. The van der Waals surface area contributed by atoms with Gasteiger partial charge in [-0.1, -0.05) is 0 Å². The third-order valence-corrected chi connectivity index (χ3v) is 4.39. The van der Waals surface area contributed by atoms with E-state index < -0.39 is 0 Å². The van der Waals surface area contributed by atoms with E-state index in [4.69, 9.17) is 0 Å². The molecule has 5 rings (SSSR count). The normalized spacial score (nSPS) is 11.6. The zero-order valence-corrected chi connectivity index (χ0v) is 10.9. The Labute approximate surface area is 117 Å². The van der Waals surface area contributed by atoms with Crippen LogP contribution >= 0.6 is 0 Å². The van der Waals surface area contributed by atoms with E-state index in [9.17, 15) is 0 Å². The van der Waals surface area contributed by atoms with Crippen LogP contribution in [0.3, 0.4) is 0 Å². The van der Waals surface area contributed by atoms with Crippen molar-refractivity contribution < 1.29 is 0 Å². The van der Waals surface area contributed by atoms with Gasteiger partial charge < -0.3 is 0 Å². The monoisotopic (exact) mass is 248 g/mol. The fourth-order valence-electron chi connectivity index (χ4n) is 3.58. The van der Waals surface area contributed by atoms with Gasteiger partial charge in [0.25, 0.3) is 0 Å². The van der Waals surface area contributed by atoms with Crippen LogP contribution in [0, 0.1) is 0 Å². The van der Waals surface area contributed by atoms with Gasteiger partial charge in [0.15, 0.2) is 0 Å². The summed E-state index contributed by atoms with van der Waals surface area (Å²) < 4.78 is 0. The van der Waals surface area contributed by atoms with Crippen molar-refractivity contribution in [3.05, 3.63) is 60.6 Å². The summed E-state index contributed by atoms with van der Waals surface area (Å²) in [5.41, 5.74) is 0. The molecule has 0 unspecified atom stereocenters. The molecular weight excluding hydrogens is 238 g/mol. The van der Waals surface area contributed by atoms with Crippen molar-refractivity contribution in [3.8, 4) is 0 Å². The molecule has 0 radical (unpaired) electrons. The molecule has 1 aromatic heterocycles. The van der Waals surface area contributed by atoms with Crippen molar-refractivity contribution in [2.24, 2.45) is 0 Å². The summed E-state index contributed by atoms with van der Waals surface area (Å²) in [6.07, 6.45) is 0. The minimum absolute atomic E-state index is 1.33. The Kier molecular flexibility index (Phi) is 1.94. The molecule has 0 saturated carbocycles. The van der Waals surface area contributed by atoms with E-state index in [0.29, 0.717) is 0 Å². The van der Waals surface area contributed by atoms with Gasteiger partial charge in [0, 0.05) is 0 Å². The summed E-state index contributed by atoms with van der Waals surface area (Å²) in [5, 5.41) is 10.9. The van der Waals surface area contributed by atoms with Crippen LogP contribution in [0.1, 0.15) is 0 Å². The second kappa shape index (κ2) is 3.67. The van der Waals surface area contributed by atoms with Gasteiger partial charge in [-0.15, -0.1) is 0 Å². The summed E-state index contributed by atoms with van der Waals surface area (Å²) in [7, 11) is 0. The topological polar surface area (TPSA) is 0 Å². The molecule has 0 aliphatic rings. The van der Waals surface area contributed by atoms with Crippen molar-refractivity contribution in [3.63, 3.8) is 0 Å². The Balaban J connectivity index is 2.32. The summed E-state index contributed by atoms with van der Waals surface area (Å²) in [4.78, 5) is 0. The molecule has 0 aliphatic carbocycles. The van der Waals surface area contributed by atoms with E-state index in [1.165, 1.54) is 43.0 Å². The molecule has 5 aromatic rings. The van der Waals surface area contributed by atoms with Crippen LogP contribution < -0.4 is 0 Å². The third kappa shape index (κ3) is 1.19. The molecule has 0 nitrogen and oxygen atoms in total. The second-order valence-corrected chi connectivity index (χ2v) is 5.42. The van der Waals surface area contributed by atoms with Crippen LogP contribution in [0.4, 0.5) is 0 Å². The summed E-state index contributed by atoms with van der Waals surface area (Å²) in [5.74, 6) is 2.20. The molecule has 1 heterocycles. The fourth-order valence-corrected chi connectivity index (χ4v) is 3.58. The maximum atomic E-state index is 2.25. The van der Waals surface area contributed by atoms with Crippen LogP contribution in [0.15, 0.2) is 60.6 Å². The average molecular weight is 248 g/mol.